The van der Waals surface area contributed by atoms with Gasteiger partial charge in [-0.2, -0.15) is 0 Å². The van der Waals surface area contributed by atoms with Crippen LogP contribution in [0.5, 0.6) is 0 Å². The van der Waals surface area contributed by atoms with Crippen molar-refractivity contribution in [1.82, 2.24) is 0 Å². The lowest BCUT2D eigenvalue weighted by Gasteiger charge is -2.31. The van der Waals surface area contributed by atoms with E-state index in [9.17, 15) is 5.11 Å². The topological polar surface area (TPSA) is 49.7 Å². The maximum atomic E-state index is 9.98. The molecule has 1 atom stereocenters. The summed E-state index contributed by atoms with van der Waals surface area (Å²) in [6.45, 7) is 2.38. The largest absolute Gasteiger partial charge is 0.391 e. The van der Waals surface area contributed by atoms with E-state index >= 15 is 0 Å². The Bertz CT molecular complexity index is 139. The molecule has 0 bridgehead atoms. The summed E-state index contributed by atoms with van der Waals surface area (Å²) in [5.41, 5.74) is -0.618. The molecule has 0 saturated heterocycles. The van der Waals surface area contributed by atoms with Gasteiger partial charge in [-0.3, -0.25) is 0 Å². The van der Waals surface area contributed by atoms with E-state index in [2.05, 4.69) is 0 Å². The minimum absolute atomic E-state index is 0.322. The average molecular weight is 188 g/mol. The van der Waals surface area contributed by atoms with Crippen LogP contribution in [0.4, 0.5) is 0 Å². The first-order chi connectivity index (χ1) is 6.12. The van der Waals surface area contributed by atoms with Crippen LogP contribution in [0.15, 0.2) is 0 Å². The Morgan fingerprint density at radius 1 is 1.31 bits per heavy atom. The molecule has 1 rings (SSSR count). The third-order valence-electron chi connectivity index (χ3n) is 2.51. The van der Waals surface area contributed by atoms with Gasteiger partial charge in [0.15, 0.2) is 0 Å². The summed E-state index contributed by atoms with van der Waals surface area (Å²) in [5, 5.41) is 18.9. The molecule has 0 aromatic heterocycles. The molecule has 0 aromatic rings. The van der Waals surface area contributed by atoms with Gasteiger partial charge in [0.25, 0.3) is 0 Å². The van der Waals surface area contributed by atoms with E-state index in [1.54, 1.807) is 6.92 Å². The van der Waals surface area contributed by atoms with Crippen LogP contribution in [0.1, 0.15) is 39.0 Å². The van der Waals surface area contributed by atoms with Crippen LogP contribution in [-0.2, 0) is 4.74 Å². The smallest absolute Gasteiger partial charge is 0.0880 e. The molecule has 3 heteroatoms. The van der Waals surface area contributed by atoms with Crippen LogP contribution in [0, 0.1) is 0 Å². The van der Waals surface area contributed by atoms with E-state index in [1.165, 1.54) is 6.42 Å². The Morgan fingerprint density at radius 3 is 2.46 bits per heavy atom. The molecule has 0 aliphatic heterocycles. The van der Waals surface area contributed by atoms with Crippen molar-refractivity contribution >= 4 is 0 Å². The summed E-state index contributed by atoms with van der Waals surface area (Å²) in [5.74, 6) is 0. The highest BCUT2D eigenvalue weighted by Gasteiger charge is 2.29. The first-order valence-electron chi connectivity index (χ1n) is 5.11. The van der Waals surface area contributed by atoms with Gasteiger partial charge in [0.2, 0.25) is 0 Å². The van der Waals surface area contributed by atoms with Crippen LogP contribution < -0.4 is 0 Å². The van der Waals surface area contributed by atoms with Crippen LogP contribution in [0.2, 0.25) is 0 Å². The van der Waals surface area contributed by atoms with Gasteiger partial charge in [-0.1, -0.05) is 19.3 Å². The van der Waals surface area contributed by atoms with Crippen molar-refractivity contribution in [2.24, 2.45) is 0 Å². The lowest BCUT2D eigenvalue weighted by Crippen LogP contribution is -2.37. The summed E-state index contributed by atoms with van der Waals surface area (Å²) >= 11 is 0. The number of aliphatic hydroxyl groups is 2. The Kier molecular flexibility index (Phi) is 4.16. The highest BCUT2D eigenvalue weighted by atomic mass is 16.5. The van der Waals surface area contributed by atoms with Gasteiger partial charge in [-0.25, -0.2) is 0 Å². The van der Waals surface area contributed by atoms with Gasteiger partial charge in [0.1, 0.15) is 0 Å². The summed E-state index contributed by atoms with van der Waals surface area (Å²) in [7, 11) is 0. The molecule has 3 nitrogen and oxygen atoms in total. The van der Waals surface area contributed by atoms with Gasteiger partial charge in [-0.15, -0.1) is 0 Å². The number of aliphatic hydroxyl groups excluding tert-OH is 1. The van der Waals surface area contributed by atoms with Crippen molar-refractivity contribution in [3.63, 3.8) is 0 Å². The Morgan fingerprint density at radius 2 is 1.92 bits per heavy atom. The number of hydrogen-bond acceptors (Lipinski definition) is 3. The SMILES string of the molecule is CC(O)COCC1(O)CCCCC1. The van der Waals surface area contributed by atoms with E-state index in [4.69, 9.17) is 9.84 Å². The molecule has 1 fully saturated rings. The predicted octanol–water partition coefficient (Wildman–Crippen LogP) is 1.08. The van der Waals surface area contributed by atoms with Crippen molar-refractivity contribution in [2.75, 3.05) is 13.2 Å². The van der Waals surface area contributed by atoms with Gasteiger partial charge >= 0.3 is 0 Å². The van der Waals surface area contributed by atoms with E-state index < -0.39 is 11.7 Å². The first-order valence-corrected chi connectivity index (χ1v) is 5.11. The summed E-state index contributed by atoms with van der Waals surface area (Å²) in [6.07, 6.45) is 4.65. The molecule has 78 valence electrons. The lowest BCUT2D eigenvalue weighted by molar-refractivity contribution is -0.0810. The quantitative estimate of drug-likeness (QED) is 0.694. The Labute approximate surface area is 79.7 Å². The van der Waals surface area contributed by atoms with Crippen LogP contribution in [0.25, 0.3) is 0 Å². The molecule has 2 N–H and O–H groups in total. The molecule has 0 spiro atoms. The zero-order valence-corrected chi connectivity index (χ0v) is 8.33. The third kappa shape index (κ3) is 4.07. The molecular formula is C10H20O3. The highest BCUT2D eigenvalue weighted by molar-refractivity contribution is 4.81. The number of ether oxygens (including phenoxy) is 1. The maximum Gasteiger partial charge on any atom is 0.0880 e. The summed E-state index contributed by atoms with van der Waals surface area (Å²) < 4.78 is 5.24. The second-order valence-electron chi connectivity index (χ2n) is 4.15. The molecule has 13 heavy (non-hydrogen) atoms. The molecule has 0 aromatic carbocycles. The lowest BCUT2D eigenvalue weighted by atomic mass is 9.86. The third-order valence-corrected chi connectivity index (χ3v) is 2.51. The van der Waals surface area contributed by atoms with Crippen molar-refractivity contribution in [2.45, 2.75) is 50.7 Å². The normalized spacial score (nSPS) is 24.2. The standard InChI is InChI=1S/C10H20O3/c1-9(11)7-13-8-10(12)5-3-2-4-6-10/h9,11-12H,2-8H2,1H3. The van der Waals surface area contributed by atoms with Crippen LogP contribution in [-0.4, -0.2) is 35.1 Å². The Balaban J connectivity index is 2.17. The van der Waals surface area contributed by atoms with E-state index in [-0.39, 0.29) is 0 Å². The van der Waals surface area contributed by atoms with E-state index in [1.807, 2.05) is 0 Å². The van der Waals surface area contributed by atoms with Crippen molar-refractivity contribution in [1.29, 1.82) is 0 Å². The molecule has 1 aliphatic carbocycles. The van der Waals surface area contributed by atoms with E-state index in [0.29, 0.717) is 13.2 Å². The molecular weight excluding hydrogens is 168 g/mol. The zero-order valence-electron chi connectivity index (χ0n) is 8.33. The summed E-state index contributed by atoms with van der Waals surface area (Å²) in [6, 6.07) is 0. The fourth-order valence-electron chi connectivity index (χ4n) is 1.77. The van der Waals surface area contributed by atoms with Gasteiger partial charge in [0.05, 0.1) is 24.9 Å². The number of hydrogen-bond donors (Lipinski definition) is 2. The number of rotatable bonds is 4. The highest BCUT2D eigenvalue weighted by Crippen LogP contribution is 2.28. The second kappa shape index (κ2) is 4.94. The van der Waals surface area contributed by atoms with Gasteiger partial charge < -0.3 is 14.9 Å². The molecule has 1 unspecified atom stereocenters. The van der Waals surface area contributed by atoms with Gasteiger partial charge in [0, 0.05) is 0 Å². The molecule has 0 radical (unpaired) electrons. The molecule has 0 heterocycles. The monoisotopic (exact) mass is 188 g/mol. The van der Waals surface area contributed by atoms with Crippen LogP contribution in [0.3, 0.4) is 0 Å². The van der Waals surface area contributed by atoms with Crippen molar-refractivity contribution < 1.29 is 14.9 Å². The first kappa shape index (κ1) is 11.0. The molecule has 0 amide bonds. The predicted molar refractivity (Wildman–Crippen MR) is 50.5 cm³/mol. The molecule has 1 aliphatic rings. The van der Waals surface area contributed by atoms with Gasteiger partial charge in [-0.05, 0) is 19.8 Å². The van der Waals surface area contributed by atoms with Crippen molar-refractivity contribution in [3.05, 3.63) is 0 Å². The fourth-order valence-corrected chi connectivity index (χ4v) is 1.77. The minimum atomic E-state index is -0.618. The van der Waals surface area contributed by atoms with Crippen LogP contribution >= 0.6 is 0 Å². The fraction of sp³-hybridized carbons (Fsp3) is 1.00. The average Bonchev–Trinajstić information content (AvgIpc) is 2.04. The zero-order chi connectivity index (χ0) is 9.73. The minimum Gasteiger partial charge on any atom is -0.391 e. The van der Waals surface area contributed by atoms with E-state index in [0.717, 1.165) is 25.7 Å². The molecule has 1 saturated carbocycles. The maximum absolute atomic E-state index is 9.98. The second-order valence-corrected chi connectivity index (χ2v) is 4.15. The van der Waals surface area contributed by atoms with Crippen molar-refractivity contribution in [3.8, 4) is 0 Å². The summed E-state index contributed by atoms with van der Waals surface area (Å²) in [4.78, 5) is 0. The Hall–Kier alpha value is -0.120.